The predicted octanol–water partition coefficient (Wildman–Crippen LogP) is 3.22. The van der Waals surface area contributed by atoms with Crippen LogP contribution in [-0.4, -0.2) is 21.5 Å². The number of hydrogen-bond acceptors (Lipinski definition) is 3. The number of nitrogens with zero attached hydrogens (tertiary/aromatic N) is 3. The third-order valence-electron chi connectivity index (χ3n) is 2.94. The number of aryl methyl sites for hydroxylation is 1. The summed E-state index contributed by atoms with van der Waals surface area (Å²) in [7, 11) is 0. The largest absolute Gasteiger partial charge is 0.418 e. The molecular weight excluding hydrogens is 305 g/mol. The van der Waals surface area contributed by atoms with Crippen LogP contribution < -0.4 is 5.73 Å². The van der Waals surface area contributed by atoms with Crippen molar-refractivity contribution in [1.29, 1.82) is 0 Å². The van der Waals surface area contributed by atoms with Crippen LogP contribution in [-0.2, 0) is 12.6 Å². The van der Waals surface area contributed by atoms with Crippen molar-refractivity contribution in [3.8, 4) is 5.69 Å². The maximum absolute atomic E-state index is 13.0. The van der Waals surface area contributed by atoms with Gasteiger partial charge in [-0.1, -0.05) is 16.8 Å². The maximum Gasteiger partial charge on any atom is 0.418 e. The predicted molar refractivity (Wildman–Crippen MR) is 73.4 cm³/mol. The van der Waals surface area contributed by atoms with Crippen LogP contribution >= 0.6 is 11.6 Å². The molecule has 1 aromatic heterocycles. The number of nitrogens with two attached hydrogens (primary N) is 1. The first-order valence-electron chi connectivity index (χ1n) is 6.40. The Bertz CT molecular complexity index is 610. The number of hydrogen-bond donors (Lipinski definition) is 1. The Morgan fingerprint density at radius 2 is 2.00 bits per heavy atom. The maximum atomic E-state index is 13.0. The zero-order valence-electron chi connectivity index (χ0n) is 11.1. The summed E-state index contributed by atoms with van der Waals surface area (Å²) in [6.07, 6.45) is -0.726. The van der Waals surface area contributed by atoms with Crippen molar-refractivity contribution in [1.82, 2.24) is 15.0 Å². The highest BCUT2D eigenvalue weighted by molar-refractivity contribution is 6.30. The molecule has 0 amide bonds. The molecule has 0 fully saturated rings. The molecule has 0 unspecified atom stereocenters. The number of benzene rings is 1. The zero-order valence-corrected chi connectivity index (χ0v) is 11.8. The minimum atomic E-state index is -4.51. The summed E-state index contributed by atoms with van der Waals surface area (Å²) in [5, 5.41) is 7.67. The first kappa shape index (κ1) is 15.8. The Balaban J connectivity index is 2.30. The van der Waals surface area contributed by atoms with Crippen LogP contribution in [0.4, 0.5) is 13.2 Å². The van der Waals surface area contributed by atoms with E-state index in [0.717, 1.165) is 23.6 Å². The highest BCUT2D eigenvalue weighted by Crippen LogP contribution is 2.35. The van der Waals surface area contributed by atoms with Crippen LogP contribution in [0.5, 0.6) is 0 Å². The Kier molecular flexibility index (Phi) is 4.84. The van der Waals surface area contributed by atoms with E-state index in [4.69, 9.17) is 17.3 Å². The van der Waals surface area contributed by atoms with Gasteiger partial charge in [0, 0.05) is 5.02 Å². The van der Waals surface area contributed by atoms with Gasteiger partial charge < -0.3 is 5.73 Å². The van der Waals surface area contributed by atoms with Crippen LogP contribution in [0.3, 0.4) is 0 Å². The van der Waals surface area contributed by atoms with E-state index in [1.54, 1.807) is 0 Å². The van der Waals surface area contributed by atoms with Crippen molar-refractivity contribution in [2.75, 3.05) is 6.54 Å². The molecule has 0 aliphatic carbocycles. The Morgan fingerprint density at radius 3 is 2.67 bits per heavy atom. The summed E-state index contributed by atoms with van der Waals surface area (Å²) in [5.41, 5.74) is 5.09. The summed E-state index contributed by atoms with van der Waals surface area (Å²) < 4.78 is 40.2. The van der Waals surface area contributed by atoms with E-state index < -0.39 is 11.7 Å². The van der Waals surface area contributed by atoms with Crippen molar-refractivity contribution >= 4 is 11.6 Å². The molecule has 4 nitrogen and oxygen atoms in total. The lowest BCUT2D eigenvalue weighted by Gasteiger charge is -2.12. The van der Waals surface area contributed by atoms with E-state index in [2.05, 4.69) is 10.3 Å². The van der Waals surface area contributed by atoms with Gasteiger partial charge >= 0.3 is 6.18 Å². The van der Waals surface area contributed by atoms with Gasteiger partial charge in [-0.2, -0.15) is 13.2 Å². The van der Waals surface area contributed by atoms with Gasteiger partial charge in [0.1, 0.15) is 0 Å². The van der Waals surface area contributed by atoms with E-state index in [9.17, 15) is 13.2 Å². The van der Waals surface area contributed by atoms with E-state index in [1.165, 1.54) is 18.3 Å². The van der Waals surface area contributed by atoms with Crippen molar-refractivity contribution in [2.24, 2.45) is 5.73 Å². The summed E-state index contributed by atoms with van der Waals surface area (Å²) in [4.78, 5) is 0. The van der Waals surface area contributed by atoms with E-state index in [0.29, 0.717) is 18.7 Å². The van der Waals surface area contributed by atoms with Gasteiger partial charge in [0.15, 0.2) is 0 Å². The monoisotopic (exact) mass is 318 g/mol. The Morgan fingerprint density at radius 1 is 1.24 bits per heavy atom. The molecule has 0 atom stereocenters. The second-order valence-corrected chi connectivity index (χ2v) is 5.00. The average Bonchev–Trinajstić information content (AvgIpc) is 2.87. The molecule has 2 aromatic rings. The molecule has 0 aliphatic heterocycles. The molecule has 2 N–H and O–H groups in total. The summed E-state index contributed by atoms with van der Waals surface area (Å²) in [6, 6.07) is 3.55. The number of halogens is 4. The molecule has 0 radical (unpaired) electrons. The Labute approximate surface area is 124 Å². The van der Waals surface area contributed by atoms with Crippen molar-refractivity contribution in [2.45, 2.75) is 25.4 Å². The smallest absolute Gasteiger partial charge is 0.330 e. The van der Waals surface area contributed by atoms with Crippen LogP contribution in [0.25, 0.3) is 5.69 Å². The standard InChI is InChI=1S/C13H14ClF3N4/c14-9-4-5-12(11(7-9)13(15,16)17)21-8-10(19-20-21)3-1-2-6-18/h4-5,7-8H,1-3,6,18H2. The lowest BCUT2D eigenvalue weighted by molar-refractivity contribution is -0.137. The fraction of sp³-hybridized carbons (Fsp3) is 0.385. The summed E-state index contributed by atoms with van der Waals surface area (Å²) in [5.74, 6) is 0. The van der Waals surface area contributed by atoms with E-state index in [-0.39, 0.29) is 10.7 Å². The fourth-order valence-corrected chi connectivity index (χ4v) is 2.09. The lowest BCUT2D eigenvalue weighted by atomic mass is 10.1. The van der Waals surface area contributed by atoms with Gasteiger partial charge in [0.2, 0.25) is 0 Å². The molecule has 21 heavy (non-hydrogen) atoms. The second kappa shape index (κ2) is 6.44. The Hall–Kier alpha value is -1.60. The third kappa shape index (κ3) is 3.95. The molecule has 0 bridgehead atoms. The number of alkyl halides is 3. The fourth-order valence-electron chi connectivity index (χ4n) is 1.92. The average molecular weight is 319 g/mol. The lowest BCUT2D eigenvalue weighted by Crippen LogP contribution is -2.11. The van der Waals surface area contributed by atoms with Crippen molar-refractivity contribution in [3.05, 3.63) is 40.7 Å². The number of rotatable bonds is 5. The minimum absolute atomic E-state index is 0.0226. The number of aromatic nitrogens is 3. The number of unbranched alkanes of at least 4 members (excludes halogenated alkanes) is 1. The summed E-state index contributed by atoms with van der Waals surface area (Å²) >= 11 is 5.64. The minimum Gasteiger partial charge on any atom is -0.330 e. The van der Waals surface area contributed by atoms with Gasteiger partial charge in [-0.3, -0.25) is 0 Å². The molecule has 0 saturated heterocycles. The second-order valence-electron chi connectivity index (χ2n) is 4.56. The normalized spacial score (nSPS) is 11.9. The van der Waals surface area contributed by atoms with Gasteiger partial charge in [-0.15, -0.1) is 5.10 Å². The highest BCUT2D eigenvalue weighted by Gasteiger charge is 2.34. The molecule has 1 heterocycles. The SMILES string of the molecule is NCCCCc1cn(-c2ccc(Cl)cc2C(F)(F)F)nn1. The van der Waals surface area contributed by atoms with E-state index in [1.807, 2.05) is 0 Å². The molecule has 114 valence electrons. The van der Waals surface area contributed by atoms with E-state index >= 15 is 0 Å². The molecule has 0 aliphatic rings. The topological polar surface area (TPSA) is 56.7 Å². The molecule has 0 saturated carbocycles. The molecule has 0 spiro atoms. The third-order valence-corrected chi connectivity index (χ3v) is 3.17. The van der Waals surface area contributed by atoms with Crippen LogP contribution in [0.2, 0.25) is 5.02 Å². The van der Waals surface area contributed by atoms with Crippen LogP contribution in [0.15, 0.2) is 24.4 Å². The molecule has 8 heteroatoms. The molecule has 2 rings (SSSR count). The van der Waals surface area contributed by atoms with Crippen molar-refractivity contribution < 1.29 is 13.2 Å². The van der Waals surface area contributed by atoms with Crippen LogP contribution in [0.1, 0.15) is 24.1 Å². The van der Waals surface area contributed by atoms with Gasteiger partial charge in [-0.25, -0.2) is 4.68 Å². The highest BCUT2D eigenvalue weighted by atomic mass is 35.5. The summed E-state index contributed by atoms with van der Waals surface area (Å²) in [6.45, 7) is 0.573. The molecular formula is C13H14ClF3N4. The van der Waals surface area contributed by atoms with Crippen molar-refractivity contribution in [3.63, 3.8) is 0 Å². The van der Waals surface area contributed by atoms with Gasteiger partial charge in [0.05, 0.1) is 23.1 Å². The quantitative estimate of drug-likeness (QED) is 0.861. The zero-order chi connectivity index (χ0) is 15.5. The first-order chi connectivity index (χ1) is 9.91. The first-order valence-corrected chi connectivity index (χ1v) is 6.78. The van der Waals surface area contributed by atoms with Gasteiger partial charge in [-0.05, 0) is 44.0 Å². The van der Waals surface area contributed by atoms with Gasteiger partial charge in [0.25, 0.3) is 0 Å². The van der Waals surface area contributed by atoms with Crippen LogP contribution in [0, 0.1) is 0 Å². The molecule has 1 aromatic carbocycles.